The van der Waals surface area contributed by atoms with Gasteiger partial charge in [-0.25, -0.2) is 0 Å². The summed E-state index contributed by atoms with van der Waals surface area (Å²) in [7, 11) is 1.64. The van der Waals surface area contributed by atoms with E-state index in [2.05, 4.69) is 22.6 Å². The van der Waals surface area contributed by atoms with E-state index in [9.17, 15) is 14.9 Å². The van der Waals surface area contributed by atoms with Crippen LogP contribution in [-0.4, -0.2) is 17.9 Å². The highest BCUT2D eigenvalue weighted by atomic mass is 127. The van der Waals surface area contributed by atoms with Gasteiger partial charge in [-0.2, -0.15) is 0 Å². The van der Waals surface area contributed by atoms with Crippen molar-refractivity contribution in [2.75, 3.05) is 11.9 Å². The van der Waals surface area contributed by atoms with Gasteiger partial charge in [0.25, 0.3) is 11.6 Å². The summed E-state index contributed by atoms with van der Waals surface area (Å²) in [4.78, 5) is 23.9. The quantitative estimate of drug-likeness (QED) is 0.464. The molecule has 0 aliphatic heterocycles. The smallest absolute Gasteiger partial charge is 0.269 e. The van der Waals surface area contributed by atoms with Crippen LogP contribution in [0.1, 0.15) is 10.4 Å². The van der Waals surface area contributed by atoms with E-state index in [-0.39, 0.29) is 11.6 Å². The van der Waals surface area contributed by atoms with Crippen molar-refractivity contribution in [2.45, 2.75) is 0 Å². The minimum absolute atomic E-state index is 0.00358. The van der Waals surface area contributed by atoms with Gasteiger partial charge in [-0.05, 0) is 59.0 Å². The number of halogens is 1. The van der Waals surface area contributed by atoms with Crippen LogP contribution in [0.3, 0.4) is 0 Å². The molecule has 0 aliphatic rings. The molecule has 102 valence electrons. The third kappa shape index (κ3) is 3.13. The number of hydrogen-bond donors (Lipinski definition) is 0. The summed E-state index contributed by atoms with van der Waals surface area (Å²) >= 11 is 2.17. The van der Waals surface area contributed by atoms with Crippen molar-refractivity contribution in [1.82, 2.24) is 0 Å². The summed E-state index contributed by atoms with van der Waals surface area (Å²) in [6.45, 7) is 0. The Morgan fingerprint density at radius 3 is 2.15 bits per heavy atom. The Morgan fingerprint density at radius 2 is 1.65 bits per heavy atom. The maximum absolute atomic E-state index is 12.3. The number of benzene rings is 2. The fourth-order valence-corrected chi connectivity index (χ4v) is 2.06. The van der Waals surface area contributed by atoms with Crippen LogP contribution in [0.5, 0.6) is 0 Å². The zero-order chi connectivity index (χ0) is 14.7. The minimum atomic E-state index is -0.468. The van der Waals surface area contributed by atoms with Gasteiger partial charge in [0.2, 0.25) is 0 Å². The zero-order valence-corrected chi connectivity index (χ0v) is 12.8. The molecular formula is C14H11IN2O3. The molecule has 0 unspecified atom stereocenters. The molecular weight excluding hydrogens is 371 g/mol. The average Bonchev–Trinajstić information content (AvgIpc) is 2.46. The summed E-state index contributed by atoms with van der Waals surface area (Å²) in [5, 5.41) is 10.6. The lowest BCUT2D eigenvalue weighted by atomic mass is 10.2. The molecule has 0 N–H and O–H groups in total. The normalized spacial score (nSPS) is 10.1. The van der Waals surface area contributed by atoms with E-state index >= 15 is 0 Å². The molecule has 20 heavy (non-hydrogen) atoms. The highest BCUT2D eigenvalue weighted by Gasteiger charge is 2.14. The monoisotopic (exact) mass is 382 g/mol. The molecule has 0 aliphatic carbocycles. The second-order valence-corrected chi connectivity index (χ2v) is 5.39. The van der Waals surface area contributed by atoms with Crippen LogP contribution in [0, 0.1) is 13.7 Å². The molecule has 2 aromatic carbocycles. The number of amides is 1. The highest BCUT2D eigenvalue weighted by molar-refractivity contribution is 14.1. The van der Waals surface area contributed by atoms with Gasteiger partial charge in [0.1, 0.15) is 0 Å². The average molecular weight is 382 g/mol. The number of nitro groups is 1. The van der Waals surface area contributed by atoms with Crippen molar-refractivity contribution in [1.29, 1.82) is 0 Å². The molecule has 0 fully saturated rings. The molecule has 0 radical (unpaired) electrons. The van der Waals surface area contributed by atoms with Crippen LogP contribution < -0.4 is 4.90 Å². The number of hydrogen-bond acceptors (Lipinski definition) is 3. The lowest BCUT2D eigenvalue weighted by Crippen LogP contribution is -2.26. The molecule has 0 heterocycles. The van der Waals surface area contributed by atoms with Gasteiger partial charge in [-0.3, -0.25) is 14.9 Å². The van der Waals surface area contributed by atoms with Crippen molar-refractivity contribution >= 4 is 39.9 Å². The van der Waals surface area contributed by atoms with E-state index in [0.29, 0.717) is 11.3 Å². The largest absolute Gasteiger partial charge is 0.311 e. The number of anilines is 1. The van der Waals surface area contributed by atoms with Crippen LogP contribution in [0.4, 0.5) is 11.4 Å². The van der Waals surface area contributed by atoms with E-state index in [0.717, 1.165) is 3.57 Å². The van der Waals surface area contributed by atoms with Gasteiger partial charge in [0, 0.05) is 34.0 Å². The molecule has 0 atom stereocenters. The predicted molar refractivity (Wildman–Crippen MR) is 85.0 cm³/mol. The van der Waals surface area contributed by atoms with Gasteiger partial charge in [0.05, 0.1) is 4.92 Å². The molecule has 0 aromatic heterocycles. The van der Waals surface area contributed by atoms with E-state index in [4.69, 9.17) is 0 Å². The third-order valence-electron chi connectivity index (χ3n) is 2.84. The first kappa shape index (κ1) is 14.4. The first-order chi connectivity index (χ1) is 9.49. The SMILES string of the molecule is CN(C(=O)c1ccc(I)cc1)c1ccc([N+](=O)[O-])cc1. The number of nitro benzene ring substituents is 1. The Labute approximate surface area is 129 Å². The maximum atomic E-state index is 12.3. The Bertz CT molecular complexity index is 638. The van der Waals surface area contributed by atoms with E-state index in [1.807, 2.05) is 12.1 Å². The molecule has 0 saturated heterocycles. The van der Waals surface area contributed by atoms with Crippen molar-refractivity contribution in [3.05, 3.63) is 67.8 Å². The Balaban J connectivity index is 2.22. The molecule has 0 bridgehead atoms. The lowest BCUT2D eigenvalue weighted by Gasteiger charge is -2.17. The van der Waals surface area contributed by atoms with Crippen molar-refractivity contribution in [3.63, 3.8) is 0 Å². The van der Waals surface area contributed by atoms with E-state index in [1.165, 1.54) is 17.0 Å². The number of carbonyl (C=O) groups is 1. The second kappa shape index (κ2) is 6.00. The zero-order valence-electron chi connectivity index (χ0n) is 10.6. The number of nitrogens with zero attached hydrogens (tertiary/aromatic N) is 2. The Kier molecular flexibility index (Phi) is 4.33. The van der Waals surface area contributed by atoms with Gasteiger partial charge in [0.15, 0.2) is 0 Å². The van der Waals surface area contributed by atoms with Gasteiger partial charge < -0.3 is 4.90 Å². The van der Waals surface area contributed by atoms with Crippen LogP contribution in [0.15, 0.2) is 48.5 Å². The fraction of sp³-hybridized carbons (Fsp3) is 0.0714. The van der Waals surface area contributed by atoms with E-state index < -0.39 is 4.92 Å². The third-order valence-corrected chi connectivity index (χ3v) is 3.56. The summed E-state index contributed by atoms with van der Waals surface area (Å²) in [6.07, 6.45) is 0. The molecule has 5 nitrogen and oxygen atoms in total. The summed E-state index contributed by atoms with van der Waals surface area (Å²) in [5.41, 5.74) is 1.19. The van der Waals surface area contributed by atoms with Crippen LogP contribution in [0.25, 0.3) is 0 Å². The van der Waals surface area contributed by atoms with Crippen LogP contribution >= 0.6 is 22.6 Å². The Morgan fingerprint density at radius 1 is 1.10 bits per heavy atom. The standard InChI is InChI=1S/C14H11IN2O3/c1-16(12-6-8-13(9-7-12)17(19)20)14(18)10-2-4-11(15)5-3-10/h2-9H,1H3. The molecule has 6 heteroatoms. The van der Waals surface area contributed by atoms with E-state index in [1.54, 1.807) is 31.3 Å². The first-order valence-corrected chi connectivity index (χ1v) is 6.85. The maximum Gasteiger partial charge on any atom is 0.269 e. The summed E-state index contributed by atoms with van der Waals surface area (Å²) < 4.78 is 1.05. The van der Waals surface area contributed by atoms with Crippen molar-refractivity contribution < 1.29 is 9.72 Å². The topological polar surface area (TPSA) is 63.5 Å². The van der Waals surface area contributed by atoms with Gasteiger partial charge in [-0.15, -0.1) is 0 Å². The fourth-order valence-electron chi connectivity index (χ4n) is 1.70. The Hall–Kier alpha value is -1.96. The molecule has 1 amide bonds. The molecule has 2 rings (SSSR count). The predicted octanol–water partition coefficient (Wildman–Crippen LogP) is 3.48. The minimum Gasteiger partial charge on any atom is -0.311 e. The van der Waals surface area contributed by atoms with Gasteiger partial charge >= 0.3 is 0 Å². The molecule has 2 aromatic rings. The first-order valence-electron chi connectivity index (χ1n) is 5.77. The summed E-state index contributed by atoms with van der Waals surface area (Å²) in [5.74, 6) is -0.157. The van der Waals surface area contributed by atoms with Gasteiger partial charge in [-0.1, -0.05) is 0 Å². The molecule has 0 saturated carbocycles. The van der Waals surface area contributed by atoms with Crippen molar-refractivity contribution in [3.8, 4) is 0 Å². The van der Waals surface area contributed by atoms with Crippen LogP contribution in [-0.2, 0) is 0 Å². The number of non-ortho nitro benzene ring substituents is 1. The number of carbonyl (C=O) groups excluding carboxylic acids is 1. The summed E-state index contributed by atoms with van der Waals surface area (Å²) in [6, 6.07) is 13.1. The van der Waals surface area contributed by atoms with Crippen LogP contribution in [0.2, 0.25) is 0 Å². The molecule has 0 spiro atoms. The lowest BCUT2D eigenvalue weighted by molar-refractivity contribution is -0.384. The second-order valence-electron chi connectivity index (χ2n) is 4.14. The number of rotatable bonds is 3. The highest BCUT2D eigenvalue weighted by Crippen LogP contribution is 2.20. The van der Waals surface area contributed by atoms with Crippen molar-refractivity contribution in [2.24, 2.45) is 0 Å².